The first-order chi connectivity index (χ1) is 9.28. The van der Waals surface area contributed by atoms with Gasteiger partial charge in [-0.3, -0.25) is 0 Å². The minimum atomic E-state index is -0.916. The summed E-state index contributed by atoms with van der Waals surface area (Å²) in [6.45, 7) is 5.90. The number of carboxylic acids is 1. The second-order valence-electron chi connectivity index (χ2n) is 5.13. The summed E-state index contributed by atoms with van der Waals surface area (Å²) in [6, 6.07) is 3.33. The molecule has 6 heteroatoms. The number of ether oxygens (including phenoxy) is 1. The van der Waals surface area contributed by atoms with Gasteiger partial charge >= 0.3 is 12.1 Å². The number of amides is 1. The minimum Gasteiger partial charge on any atom is -0.477 e. The predicted molar refractivity (Wildman–Crippen MR) is 79.2 cm³/mol. The van der Waals surface area contributed by atoms with Crippen LogP contribution >= 0.6 is 11.3 Å². The second kappa shape index (κ2) is 7.09. The highest BCUT2D eigenvalue weighted by Gasteiger charge is 2.15. The van der Waals surface area contributed by atoms with E-state index in [1.165, 1.54) is 11.3 Å². The van der Waals surface area contributed by atoms with Crippen molar-refractivity contribution in [1.29, 1.82) is 0 Å². The molecule has 0 aromatic carbocycles. The standard InChI is InChI=1S/C14H19NO4S/c1-14(2,3)19-13(18)15-9-5-4-6-10-7-8-11(20-10)12(16)17/h4,6-8H,5,9H2,1-3H3,(H,15,18)(H,16,17). The maximum absolute atomic E-state index is 11.3. The van der Waals surface area contributed by atoms with Gasteiger partial charge in [0, 0.05) is 11.4 Å². The lowest BCUT2D eigenvalue weighted by atomic mass is 10.2. The molecule has 110 valence electrons. The molecule has 1 amide bonds. The molecule has 0 aliphatic carbocycles. The fourth-order valence-electron chi connectivity index (χ4n) is 1.33. The molecule has 1 rings (SSSR count). The molecule has 0 bridgehead atoms. The van der Waals surface area contributed by atoms with E-state index in [4.69, 9.17) is 9.84 Å². The average Bonchev–Trinajstić information content (AvgIpc) is 2.75. The van der Waals surface area contributed by atoms with Crippen LogP contribution in [0, 0.1) is 0 Å². The minimum absolute atomic E-state index is 0.316. The number of hydrogen-bond donors (Lipinski definition) is 2. The van der Waals surface area contributed by atoms with Crippen molar-refractivity contribution in [3.63, 3.8) is 0 Å². The molecular weight excluding hydrogens is 278 g/mol. The fourth-order valence-corrected chi connectivity index (χ4v) is 2.11. The van der Waals surface area contributed by atoms with Gasteiger partial charge in [-0.25, -0.2) is 9.59 Å². The average molecular weight is 297 g/mol. The molecule has 0 aliphatic rings. The maximum Gasteiger partial charge on any atom is 0.407 e. The number of rotatable bonds is 5. The van der Waals surface area contributed by atoms with Crippen molar-refractivity contribution in [3.8, 4) is 0 Å². The van der Waals surface area contributed by atoms with Gasteiger partial charge in [0.2, 0.25) is 0 Å². The van der Waals surface area contributed by atoms with Crippen LogP contribution in [0.3, 0.4) is 0 Å². The largest absolute Gasteiger partial charge is 0.477 e. The topological polar surface area (TPSA) is 75.6 Å². The van der Waals surface area contributed by atoms with Crippen molar-refractivity contribution in [3.05, 3.63) is 28.0 Å². The molecule has 1 aromatic heterocycles. The van der Waals surface area contributed by atoms with Crippen molar-refractivity contribution in [2.75, 3.05) is 6.54 Å². The number of carboxylic acid groups (broad SMARTS) is 1. The molecule has 0 fully saturated rings. The van der Waals surface area contributed by atoms with E-state index < -0.39 is 17.7 Å². The van der Waals surface area contributed by atoms with Crippen LogP contribution in [0.25, 0.3) is 6.08 Å². The molecule has 0 unspecified atom stereocenters. The molecule has 0 saturated carbocycles. The molecule has 2 N–H and O–H groups in total. The van der Waals surface area contributed by atoms with Crippen molar-refractivity contribution in [2.45, 2.75) is 32.8 Å². The van der Waals surface area contributed by atoms with E-state index in [2.05, 4.69) is 5.32 Å². The van der Waals surface area contributed by atoms with E-state index in [9.17, 15) is 9.59 Å². The summed E-state index contributed by atoms with van der Waals surface area (Å²) in [5, 5.41) is 11.4. The smallest absolute Gasteiger partial charge is 0.407 e. The SMILES string of the molecule is CC(C)(C)OC(=O)NCCC=Cc1ccc(C(=O)O)s1. The van der Waals surface area contributed by atoms with Gasteiger partial charge in [-0.05, 0) is 45.4 Å². The van der Waals surface area contributed by atoms with Gasteiger partial charge in [-0.1, -0.05) is 6.08 Å². The van der Waals surface area contributed by atoms with Gasteiger partial charge in [0.15, 0.2) is 0 Å². The monoisotopic (exact) mass is 297 g/mol. The Bertz CT molecular complexity index is 500. The molecule has 0 spiro atoms. The van der Waals surface area contributed by atoms with E-state index in [0.717, 1.165) is 4.88 Å². The summed E-state index contributed by atoms with van der Waals surface area (Å²) in [4.78, 5) is 23.2. The highest BCUT2D eigenvalue weighted by atomic mass is 32.1. The quantitative estimate of drug-likeness (QED) is 0.817. The van der Waals surface area contributed by atoms with Crippen LogP contribution in [0.2, 0.25) is 0 Å². The van der Waals surface area contributed by atoms with Crippen molar-refractivity contribution in [2.24, 2.45) is 0 Å². The van der Waals surface area contributed by atoms with Crippen molar-refractivity contribution < 1.29 is 19.4 Å². The van der Waals surface area contributed by atoms with E-state index in [1.807, 2.05) is 32.9 Å². The zero-order chi connectivity index (χ0) is 15.2. The Balaban J connectivity index is 2.28. The lowest BCUT2D eigenvalue weighted by Crippen LogP contribution is -2.32. The number of nitrogens with one attached hydrogen (secondary N) is 1. The van der Waals surface area contributed by atoms with Crippen molar-refractivity contribution in [1.82, 2.24) is 5.32 Å². The lowest BCUT2D eigenvalue weighted by molar-refractivity contribution is 0.0528. The molecule has 1 heterocycles. The Morgan fingerprint density at radius 1 is 1.40 bits per heavy atom. The zero-order valence-electron chi connectivity index (χ0n) is 11.8. The molecular formula is C14H19NO4S. The summed E-state index contributed by atoms with van der Waals surface area (Å²) in [5.74, 6) is -0.916. The predicted octanol–water partition coefficient (Wildman–Crippen LogP) is 3.37. The van der Waals surface area contributed by atoms with E-state index >= 15 is 0 Å². The number of thiophene rings is 1. The first kappa shape index (κ1) is 16.2. The van der Waals surface area contributed by atoms with Gasteiger partial charge in [-0.2, -0.15) is 0 Å². The summed E-state index contributed by atoms with van der Waals surface area (Å²) in [7, 11) is 0. The summed E-state index contributed by atoms with van der Waals surface area (Å²) >= 11 is 1.21. The van der Waals surface area contributed by atoms with E-state index in [0.29, 0.717) is 17.8 Å². The van der Waals surface area contributed by atoms with E-state index in [1.54, 1.807) is 12.1 Å². The Kier molecular flexibility index (Phi) is 5.76. The summed E-state index contributed by atoms with van der Waals surface area (Å²) in [5.41, 5.74) is -0.496. The molecule has 5 nitrogen and oxygen atoms in total. The third kappa shape index (κ3) is 6.38. The Hall–Kier alpha value is -1.82. The normalized spacial score (nSPS) is 11.6. The lowest BCUT2D eigenvalue weighted by Gasteiger charge is -2.19. The van der Waals surface area contributed by atoms with Crippen molar-refractivity contribution >= 4 is 29.5 Å². The number of alkyl carbamates (subject to hydrolysis) is 1. The van der Waals surface area contributed by atoms with Crippen LogP contribution in [-0.4, -0.2) is 29.3 Å². The van der Waals surface area contributed by atoms with Crippen LogP contribution < -0.4 is 5.32 Å². The van der Waals surface area contributed by atoms with E-state index in [-0.39, 0.29) is 0 Å². The molecule has 1 aromatic rings. The van der Waals surface area contributed by atoms with Gasteiger partial charge < -0.3 is 15.2 Å². The van der Waals surface area contributed by atoms with Gasteiger partial charge in [0.25, 0.3) is 0 Å². The fraction of sp³-hybridized carbons (Fsp3) is 0.429. The van der Waals surface area contributed by atoms with Gasteiger partial charge in [-0.15, -0.1) is 11.3 Å². The van der Waals surface area contributed by atoms with Gasteiger partial charge in [0.05, 0.1) is 0 Å². The highest BCUT2D eigenvalue weighted by Crippen LogP contribution is 2.17. The maximum atomic E-state index is 11.3. The number of carbonyl (C=O) groups is 2. The summed E-state index contributed by atoms with van der Waals surface area (Å²) in [6.07, 6.45) is 3.94. The summed E-state index contributed by atoms with van der Waals surface area (Å²) < 4.78 is 5.09. The van der Waals surface area contributed by atoms with Crippen LogP contribution in [0.15, 0.2) is 18.2 Å². The number of hydrogen-bond acceptors (Lipinski definition) is 4. The van der Waals surface area contributed by atoms with Crippen LogP contribution in [0.1, 0.15) is 41.7 Å². The number of carbonyl (C=O) groups excluding carboxylic acids is 1. The molecule has 0 aliphatic heterocycles. The first-order valence-corrected chi connectivity index (χ1v) is 7.06. The third-order valence-electron chi connectivity index (χ3n) is 2.10. The molecule has 20 heavy (non-hydrogen) atoms. The molecule has 0 atom stereocenters. The number of aromatic carboxylic acids is 1. The van der Waals surface area contributed by atoms with Crippen LogP contribution in [0.4, 0.5) is 4.79 Å². The Morgan fingerprint density at radius 3 is 2.65 bits per heavy atom. The Labute approximate surface area is 122 Å². The molecule has 0 saturated heterocycles. The third-order valence-corrected chi connectivity index (χ3v) is 3.14. The first-order valence-electron chi connectivity index (χ1n) is 6.24. The highest BCUT2D eigenvalue weighted by molar-refractivity contribution is 7.14. The molecule has 0 radical (unpaired) electrons. The second-order valence-corrected chi connectivity index (χ2v) is 6.24. The van der Waals surface area contributed by atoms with Crippen LogP contribution in [0.5, 0.6) is 0 Å². The zero-order valence-corrected chi connectivity index (χ0v) is 12.6. The van der Waals surface area contributed by atoms with Gasteiger partial charge in [0.1, 0.15) is 10.5 Å². The Morgan fingerprint density at radius 2 is 2.10 bits per heavy atom. The van der Waals surface area contributed by atoms with Crippen LogP contribution in [-0.2, 0) is 4.74 Å².